The van der Waals surface area contributed by atoms with Crippen molar-refractivity contribution in [2.24, 2.45) is 4.99 Å². The van der Waals surface area contributed by atoms with E-state index in [0.717, 1.165) is 51.5 Å². The smallest absolute Gasteiger partial charge is 0.241 e. The molecule has 2 aliphatic heterocycles. The van der Waals surface area contributed by atoms with E-state index in [0.29, 0.717) is 6.10 Å². The number of carbonyl (C=O) groups excluding carboxylic acids is 1. The van der Waals surface area contributed by atoms with Crippen LogP contribution in [0.5, 0.6) is 0 Å². The topological polar surface area (TPSA) is 66.4 Å². The van der Waals surface area contributed by atoms with Crippen LogP contribution in [0.3, 0.4) is 0 Å². The maximum Gasteiger partial charge on any atom is 0.241 e. The number of rotatable bonds is 5. The Labute approximate surface area is 168 Å². The minimum absolute atomic E-state index is 0. The van der Waals surface area contributed by atoms with E-state index in [9.17, 15) is 4.79 Å². The molecule has 2 saturated heterocycles. The van der Waals surface area contributed by atoms with Gasteiger partial charge < -0.3 is 24.6 Å². The summed E-state index contributed by atoms with van der Waals surface area (Å²) >= 11 is 0. The van der Waals surface area contributed by atoms with Crippen LogP contribution < -0.4 is 5.32 Å². The van der Waals surface area contributed by atoms with E-state index in [1.165, 1.54) is 12.8 Å². The van der Waals surface area contributed by atoms with E-state index in [4.69, 9.17) is 9.47 Å². The number of halogens is 1. The Morgan fingerprint density at radius 1 is 1.28 bits per heavy atom. The van der Waals surface area contributed by atoms with Crippen LogP contribution in [0.2, 0.25) is 0 Å². The van der Waals surface area contributed by atoms with Gasteiger partial charge in [-0.15, -0.1) is 24.0 Å². The number of guanidine groups is 1. The number of nitrogens with one attached hydrogen (secondary N) is 1. The first-order chi connectivity index (χ1) is 11.6. The van der Waals surface area contributed by atoms with Gasteiger partial charge in [-0.1, -0.05) is 0 Å². The second kappa shape index (κ2) is 11.9. The minimum Gasteiger partial charge on any atom is -0.376 e. The van der Waals surface area contributed by atoms with Crippen LogP contribution in [0.4, 0.5) is 0 Å². The van der Waals surface area contributed by atoms with Crippen molar-refractivity contribution >= 4 is 35.8 Å². The largest absolute Gasteiger partial charge is 0.376 e. The highest BCUT2D eigenvalue weighted by Gasteiger charge is 2.24. The van der Waals surface area contributed by atoms with Gasteiger partial charge >= 0.3 is 0 Å². The van der Waals surface area contributed by atoms with Gasteiger partial charge in [-0.25, -0.2) is 0 Å². The second-order valence-corrected chi connectivity index (χ2v) is 6.70. The van der Waals surface area contributed by atoms with Crippen LogP contribution >= 0.6 is 24.0 Å². The molecule has 0 aromatic heterocycles. The molecule has 146 valence electrons. The second-order valence-electron chi connectivity index (χ2n) is 6.70. The quantitative estimate of drug-likeness (QED) is 0.375. The molecular weight excluding hydrogens is 435 g/mol. The van der Waals surface area contributed by atoms with Gasteiger partial charge in [-0.3, -0.25) is 9.79 Å². The van der Waals surface area contributed by atoms with Crippen molar-refractivity contribution < 1.29 is 14.3 Å². The van der Waals surface area contributed by atoms with Crippen LogP contribution in [-0.4, -0.2) is 87.9 Å². The molecular formula is C17H33IN4O3. The van der Waals surface area contributed by atoms with Crippen molar-refractivity contribution in [3.05, 3.63) is 0 Å². The highest BCUT2D eigenvalue weighted by molar-refractivity contribution is 14.0. The first-order valence-corrected chi connectivity index (χ1v) is 8.99. The van der Waals surface area contributed by atoms with Crippen LogP contribution in [0.1, 0.15) is 32.1 Å². The fraction of sp³-hybridized carbons (Fsp3) is 0.882. The lowest BCUT2D eigenvalue weighted by molar-refractivity contribution is -0.127. The van der Waals surface area contributed by atoms with Gasteiger partial charge in [-0.2, -0.15) is 0 Å². The molecule has 1 atom stereocenters. The molecule has 0 aromatic rings. The summed E-state index contributed by atoms with van der Waals surface area (Å²) in [5.41, 5.74) is 0. The van der Waals surface area contributed by atoms with Crippen molar-refractivity contribution in [2.75, 3.05) is 54.0 Å². The predicted octanol–water partition coefficient (Wildman–Crippen LogP) is 1.32. The van der Waals surface area contributed by atoms with Gasteiger partial charge in [0.15, 0.2) is 5.96 Å². The maximum absolute atomic E-state index is 11.7. The molecule has 0 spiro atoms. The number of nitrogens with zero attached hydrogens (tertiary/aromatic N) is 3. The molecule has 0 bridgehead atoms. The van der Waals surface area contributed by atoms with E-state index in [-0.39, 0.29) is 42.5 Å². The van der Waals surface area contributed by atoms with Gasteiger partial charge in [0, 0.05) is 40.8 Å². The number of carbonyl (C=O) groups is 1. The van der Waals surface area contributed by atoms with E-state index in [1.807, 2.05) is 0 Å². The van der Waals surface area contributed by atoms with Gasteiger partial charge in [0.05, 0.1) is 25.4 Å². The van der Waals surface area contributed by atoms with E-state index in [2.05, 4.69) is 15.2 Å². The zero-order valence-electron chi connectivity index (χ0n) is 15.7. The molecule has 8 heteroatoms. The molecule has 25 heavy (non-hydrogen) atoms. The fourth-order valence-corrected chi connectivity index (χ4v) is 3.06. The molecule has 0 radical (unpaired) electrons. The zero-order valence-corrected chi connectivity index (χ0v) is 18.0. The standard InChI is InChI=1S/C17H32N4O3.HI/c1-18-17(19-12-16(22)20(2)3)21-9-7-14(8-10-21)24-13-15-6-4-5-11-23-15;/h14-15H,4-13H2,1-3H3,(H,18,19);1H. The van der Waals surface area contributed by atoms with Crippen molar-refractivity contribution in [3.63, 3.8) is 0 Å². The normalized spacial score (nSPS) is 22.3. The fourth-order valence-electron chi connectivity index (χ4n) is 3.06. The molecule has 1 amide bonds. The number of likely N-dealkylation sites (N-methyl/N-ethyl adjacent to an activating group) is 1. The summed E-state index contributed by atoms with van der Waals surface area (Å²) in [6.07, 6.45) is 6.09. The molecule has 2 fully saturated rings. The molecule has 1 unspecified atom stereocenters. The Morgan fingerprint density at radius 2 is 2.00 bits per heavy atom. The van der Waals surface area contributed by atoms with E-state index in [1.54, 1.807) is 26.0 Å². The lowest BCUT2D eigenvalue weighted by Crippen LogP contribution is -2.49. The monoisotopic (exact) mass is 468 g/mol. The predicted molar refractivity (Wildman–Crippen MR) is 110 cm³/mol. The molecule has 0 saturated carbocycles. The third-order valence-corrected chi connectivity index (χ3v) is 4.64. The van der Waals surface area contributed by atoms with Gasteiger partial charge in [-0.05, 0) is 32.1 Å². The third kappa shape index (κ3) is 7.65. The molecule has 1 N–H and O–H groups in total. The van der Waals surface area contributed by atoms with Crippen LogP contribution in [-0.2, 0) is 14.3 Å². The number of aliphatic imine (C=N–C) groups is 1. The number of hydrogen-bond donors (Lipinski definition) is 1. The molecule has 2 rings (SSSR count). The number of amides is 1. The number of hydrogen-bond acceptors (Lipinski definition) is 4. The van der Waals surface area contributed by atoms with Gasteiger partial charge in [0.2, 0.25) is 5.91 Å². The summed E-state index contributed by atoms with van der Waals surface area (Å²) < 4.78 is 11.8. The van der Waals surface area contributed by atoms with Crippen LogP contribution in [0.25, 0.3) is 0 Å². The van der Waals surface area contributed by atoms with Gasteiger partial charge in [0.1, 0.15) is 0 Å². The SMILES string of the molecule is CN=C(NCC(=O)N(C)C)N1CCC(OCC2CCCCO2)CC1.I. The van der Waals surface area contributed by atoms with Crippen molar-refractivity contribution in [3.8, 4) is 0 Å². The molecule has 0 aliphatic carbocycles. The Hall–Kier alpha value is -0.610. The minimum atomic E-state index is 0. The van der Waals surface area contributed by atoms with E-state index < -0.39 is 0 Å². The van der Waals surface area contributed by atoms with Crippen molar-refractivity contribution in [2.45, 2.75) is 44.3 Å². The first-order valence-electron chi connectivity index (χ1n) is 8.99. The maximum atomic E-state index is 11.7. The Bertz CT molecular complexity index is 420. The Kier molecular flexibility index (Phi) is 10.7. The highest BCUT2D eigenvalue weighted by Crippen LogP contribution is 2.17. The average Bonchev–Trinajstić information content (AvgIpc) is 2.62. The number of likely N-dealkylation sites (tertiary alicyclic amines) is 1. The molecule has 7 nitrogen and oxygen atoms in total. The lowest BCUT2D eigenvalue weighted by Gasteiger charge is -2.35. The zero-order chi connectivity index (χ0) is 17.4. The summed E-state index contributed by atoms with van der Waals surface area (Å²) in [7, 11) is 5.27. The summed E-state index contributed by atoms with van der Waals surface area (Å²) in [6.45, 7) is 3.66. The molecule has 2 heterocycles. The Balaban J connectivity index is 0.00000312. The molecule has 2 aliphatic rings. The van der Waals surface area contributed by atoms with E-state index >= 15 is 0 Å². The van der Waals surface area contributed by atoms with Crippen LogP contribution in [0.15, 0.2) is 4.99 Å². The first kappa shape index (κ1) is 22.4. The summed E-state index contributed by atoms with van der Waals surface area (Å²) in [5, 5.41) is 3.14. The summed E-state index contributed by atoms with van der Waals surface area (Å²) in [6, 6.07) is 0. The van der Waals surface area contributed by atoms with Crippen LogP contribution in [0, 0.1) is 0 Å². The Morgan fingerprint density at radius 3 is 2.56 bits per heavy atom. The molecule has 0 aromatic carbocycles. The highest BCUT2D eigenvalue weighted by atomic mass is 127. The number of ether oxygens (including phenoxy) is 2. The summed E-state index contributed by atoms with van der Waals surface area (Å²) in [5.74, 6) is 0.834. The third-order valence-electron chi connectivity index (χ3n) is 4.64. The summed E-state index contributed by atoms with van der Waals surface area (Å²) in [4.78, 5) is 19.8. The van der Waals surface area contributed by atoms with Gasteiger partial charge in [0.25, 0.3) is 0 Å². The average molecular weight is 468 g/mol. The number of piperidine rings is 1. The lowest BCUT2D eigenvalue weighted by atomic mass is 10.1. The van der Waals surface area contributed by atoms with Crippen molar-refractivity contribution in [1.82, 2.24) is 15.1 Å². The van der Waals surface area contributed by atoms with Crippen molar-refractivity contribution in [1.29, 1.82) is 0 Å².